The first kappa shape index (κ1) is 45.7. The molecule has 316 valence electrons. The molecule has 1 aromatic heterocycles. The number of alkyl halides is 3. The second-order valence-electron chi connectivity index (χ2n) is 14.8. The van der Waals surface area contributed by atoms with Crippen LogP contribution in [-0.4, -0.2) is 43.4 Å². The van der Waals surface area contributed by atoms with Crippen molar-refractivity contribution in [3.63, 3.8) is 0 Å². The van der Waals surface area contributed by atoms with E-state index in [0.29, 0.717) is 46.1 Å². The fourth-order valence-corrected chi connectivity index (χ4v) is 5.88. The Morgan fingerprint density at radius 1 is 0.613 bits per heavy atom. The zero-order valence-electron chi connectivity index (χ0n) is 34.6. The van der Waals surface area contributed by atoms with Gasteiger partial charge >= 0.3 is 18.1 Å². The Bertz CT molecular complexity index is 2490. The molecule has 62 heavy (non-hydrogen) atoms. The number of benzene rings is 4. The zero-order chi connectivity index (χ0) is 44.6. The second kappa shape index (κ2) is 21.2. The molecule has 4 aromatic carbocycles. The number of nitrogens with zero attached hydrogens (tertiary/aromatic N) is 4. The highest BCUT2D eigenvalue weighted by Gasteiger charge is 2.43. The van der Waals surface area contributed by atoms with E-state index >= 15 is 0 Å². The van der Waals surface area contributed by atoms with Gasteiger partial charge in [-0.05, 0) is 143 Å². The predicted molar refractivity (Wildman–Crippen MR) is 226 cm³/mol. The number of nitriles is 1. The minimum Gasteiger partial charge on any atom is -0.490 e. The molecule has 0 fully saturated rings. The first-order chi connectivity index (χ1) is 29.7. The van der Waals surface area contributed by atoms with Gasteiger partial charge in [-0.1, -0.05) is 30.6 Å². The Balaban J connectivity index is 0.999. The second-order valence-corrected chi connectivity index (χ2v) is 14.8. The molecule has 0 spiro atoms. The molecule has 1 unspecified atom stereocenters. The summed E-state index contributed by atoms with van der Waals surface area (Å²) in [6.07, 6.45) is -2.28. The first-order valence-electron chi connectivity index (χ1n) is 19.6. The number of pyridine rings is 1. The molecule has 1 heterocycles. The molecule has 0 radical (unpaired) electrons. The van der Waals surface area contributed by atoms with E-state index in [1.165, 1.54) is 18.3 Å². The molecule has 0 saturated carbocycles. The van der Waals surface area contributed by atoms with Gasteiger partial charge in [0.05, 0.1) is 28.3 Å². The van der Waals surface area contributed by atoms with E-state index in [4.69, 9.17) is 24.2 Å². The van der Waals surface area contributed by atoms with Crippen LogP contribution in [0.1, 0.15) is 74.0 Å². The lowest BCUT2D eigenvalue weighted by atomic mass is 9.72. The molecule has 0 aliphatic carbocycles. The van der Waals surface area contributed by atoms with E-state index in [0.717, 1.165) is 23.3 Å². The first-order valence-corrected chi connectivity index (χ1v) is 19.6. The van der Waals surface area contributed by atoms with Crippen molar-refractivity contribution in [1.29, 1.82) is 5.26 Å². The van der Waals surface area contributed by atoms with Crippen molar-refractivity contribution in [2.75, 3.05) is 26.4 Å². The van der Waals surface area contributed by atoms with Gasteiger partial charge in [0.15, 0.2) is 0 Å². The van der Waals surface area contributed by atoms with E-state index < -0.39 is 34.5 Å². The number of rotatable bonds is 15. The van der Waals surface area contributed by atoms with E-state index in [9.17, 15) is 22.8 Å². The Hall–Kier alpha value is -7.43. The summed E-state index contributed by atoms with van der Waals surface area (Å²) in [5, 5.41) is 17.1. The molecule has 0 amide bonds. The Morgan fingerprint density at radius 3 is 1.50 bits per heavy atom. The number of hydrogen-bond donors (Lipinski definition) is 0. The largest absolute Gasteiger partial charge is 0.490 e. The van der Waals surface area contributed by atoms with Crippen molar-refractivity contribution in [3.8, 4) is 41.2 Å². The lowest BCUT2D eigenvalue weighted by Crippen LogP contribution is -2.39. The number of ether oxygens (including phenoxy) is 4. The molecule has 0 saturated heterocycles. The summed E-state index contributed by atoms with van der Waals surface area (Å²) < 4.78 is 61.0. The quantitative estimate of drug-likeness (QED) is 0.0440. The number of halogens is 3. The molecule has 5 rings (SSSR count). The Labute approximate surface area is 358 Å². The third-order valence-electron chi connectivity index (χ3n) is 9.46. The maximum Gasteiger partial charge on any atom is 0.416 e. The molecule has 0 aliphatic rings. The number of esters is 2. The number of carbonyl (C=O) groups is 2. The van der Waals surface area contributed by atoms with E-state index in [1.54, 1.807) is 81.4 Å². The number of carbonyl (C=O) groups excluding carboxylic acids is 2. The topological polar surface area (TPSA) is 132 Å². The summed E-state index contributed by atoms with van der Waals surface area (Å²) in [6.45, 7) is 7.39. The van der Waals surface area contributed by atoms with Gasteiger partial charge in [-0.3, -0.25) is 9.59 Å². The number of azo groups is 1. The maximum absolute atomic E-state index is 13.2. The highest BCUT2D eigenvalue weighted by atomic mass is 19.4. The van der Waals surface area contributed by atoms with Gasteiger partial charge in [0.2, 0.25) is 0 Å². The van der Waals surface area contributed by atoms with Crippen LogP contribution in [0, 0.1) is 45.8 Å². The number of aromatic nitrogens is 1. The van der Waals surface area contributed by atoms with Crippen LogP contribution in [0.2, 0.25) is 0 Å². The summed E-state index contributed by atoms with van der Waals surface area (Å²) in [5.74, 6) is 12.2. The van der Waals surface area contributed by atoms with Crippen molar-refractivity contribution in [2.24, 2.45) is 21.1 Å². The van der Waals surface area contributed by atoms with Crippen molar-refractivity contribution < 1.29 is 41.7 Å². The van der Waals surface area contributed by atoms with Crippen LogP contribution in [-0.2, 0) is 25.2 Å². The van der Waals surface area contributed by atoms with E-state index in [-0.39, 0.29) is 32.8 Å². The van der Waals surface area contributed by atoms with Crippen LogP contribution in [0.3, 0.4) is 0 Å². The molecule has 0 N–H and O–H groups in total. The van der Waals surface area contributed by atoms with Gasteiger partial charge in [-0.15, -0.1) is 5.11 Å². The average Bonchev–Trinajstić information content (AvgIpc) is 3.28. The minimum atomic E-state index is -4.39. The van der Waals surface area contributed by atoms with Gasteiger partial charge in [0.25, 0.3) is 0 Å². The summed E-state index contributed by atoms with van der Waals surface area (Å²) >= 11 is 0. The monoisotopic (exact) mass is 840 g/mol. The van der Waals surface area contributed by atoms with Gasteiger partial charge < -0.3 is 18.9 Å². The maximum atomic E-state index is 13.2. The zero-order valence-corrected chi connectivity index (χ0v) is 34.6. The standard InChI is InChI=1S/C49H43F3N4O6/c1-5-48(4,34-47(2,3)45(57)61-30-28-60-44-26-22-40(23-27-44)55-56-42-21-20-41(32-53)54-33-42)46(58)62-31-29-59-43-24-16-38(17-25-43)13-11-36-8-6-35(7-9-36)10-12-37-14-18-39(19-15-37)49(50,51)52/h6-9,14-27,33H,5,28-31,34H2,1-4H3. The summed E-state index contributed by atoms with van der Waals surface area (Å²) in [6, 6.07) is 31.1. The SMILES string of the molecule is CCC(C)(CC(C)(C)C(=O)OCCOc1ccc(N=Nc2ccc(C#N)nc2)cc1)C(=O)OCCOc1ccc(C#Cc2ccc(C#Cc3ccc(C(F)(F)F)cc3)cc2)cc1. The molecule has 0 aliphatic heterocycles. The van der Waals surface area contributed by atoms with Crippen molar-refractivity contribution in [3.05, 3.63) is 149 Å². The van der Waals surface area contributed by atoms with Crippen LogP contribution in [0.15, 0.2) is 126 Å². The molecule has 13 heteroatoms. The van der Waals surface area contributed by atoms with Crippen LogP contribution >= 0.6 is 0 Å². The van der Waals surface area contributed by atoms with Gasteiger partial charge in [0, 0.05) is 22.3 Å². The highest BCUT2D eigenvalue weighted by molar-refractivity contribution is 5.80. The van der Waals surface area contributed by atoms with Crippen molar-refractivity contribution in [2.45, 2.75) is 46.7 Å². The van der Waals surface area contributed by atoms with Gasteiger partial charge in [0.1, 0.15) is 55.4 Å². The van der Waals surface area contributed by atoms with Gasteiger partial charge in [-0.25, -0.2) is 4.98 Å². The van der Waals surface area contributed by atoms with Crippen molar-refractivity contribution >= 4 is 23.3 Å². The fourth-order valence-electron chi connectivity index (χ4n) is 5.88. The fraction of sp³-hybridized carbons (Fsp3) is 0.265. The highest BCUT2D eigenvalue weighted by Crippen LogP contribution is 2.38. The van der Waals surface area contributed by atoms with Crippen LogP contribution in [0.5, 0.6) is 11.5 Å². The Kier molecular flexibility index (Phi) is 15.6. The third-order valence-corrected chi connectivity index (χ3v) is 9.46. The average molecular weight is 841 g/mol. The van der Waals surface area contributed by atoms with Crippen LogP contribution in [0.4, 0.5) is 24.5 Å². The Morgan fingerprint density at radius 2 is 1.05 bits per heavy atom. The minimum absolute atomic E-state index is 0.0126. The summed E-state index contributed by atoms with van der Waals surface area (Å²) in [7, 11) is 0. The van der Waals surface area contributed by atoms with E-state index in [2.05, 4.69) is 38.9 Å². The van der Waals surface area contributed by atoms with Crippen LogP contribution < -0.4 is 9.47 Å². The lowest BCUT2D eigenvalue weighted by Gasteiger charge is -2.33. The van der Waals surface area contributed by atoms with Crippen LogP contribution in [0.25, 0.3) is 0 Å². The molecular weight excluding hydrogens is 798 g/mol. The summed E-state index contributed by atoms with van der Waals surface area (Å²) in [4.78, 5) is 30.3. The number of hydrogen-bond acceptors (Lipinski definition) is 10. The molecular formula is C49H43F3N4O6. The van der Waals surface area contributed by atoms with Crippen molar-refractivity contribution in [1.82, 2.24) is 4.98 Å². The lowest BCUT2D eigenvalue weighted by molar-refractivity contribution is -0.164. The van der Waals surface area contributed by atoms with E-state index in [1.807, 2.05) is 37.3 Å². The molecule has 0 bridgehead atoms. The normalized spacial score (nSPS) is 12.1. The van der Waals surface area contributed by atoms with Gasteiger partial charge in [-0.2, -0.15) is 23.5 Å². The summed E-state index contributed by atoms with van der Waals surface area (Å²) in [5.41, 5.74) is 1.45. The predicted octanol–water partition coefficient (Wildman–Crippen LogP) is 10.6. The smallest absolute Gasteiger partial charge is 0.416 e. The molecule has 10 nitrogen and oxygen atoms in total. The molecule has 1 atom stereocenters. The third kappa shape index (κ3) is 13.8. The molecule has 5 aromatic rings.